The Morgan fingerprint density at radius 1 is 1.33 bits per heavy atom. The number of nitrogens with one attached hydrogen (secondary N) is 1. The van der Waals surface area contributed by atoms with Gasteiger partial charge in [0.05, 0.1) is 35.4 Å². The molecule has 0 aliphatic heterocycles. The predicted molar refractivity (Wildman–Crippen MR) is 118 cm³/mol. The third kappa shape index (κ3) is 7.09. The van der Waals surface area contributed by atoms with Crippen LogP contribution in [0.25, 0.3) is 5.70 Å². The summed E-state index contributed by atoms with van der Waals surface area (Å²) in [6, 6.07) is 3.73. The Kier molecular flexibility index (Phi) is 9.23. The number of hydrogen-bond donors (Lipinski definition) is 3. The van der Waals surface area contributed by atoms with Gasteiger partial charge < -0.3 is 25.5 Å². The number of rotatable bonds is 9. The molecule has 1 saturated carbocycles. The Morgan fingerprint density at radius 3 is 2.63 bits per heavy atom. The molecule has 2 rings (SSSR count). The first-order valence-corrected chi connectivity index (χ1v) is 10.9. The van der Waals surface area contributed by atoms with E-state index in [1.54, 1.807) is 7.05 Å². The maximum atomic E-state index is 12.0. The molecule has 1 heterocycles. The quantitative estimate of drug-likeness (QED) is 0.415. The van der Waals surface area contributed by atoms with Gasteiger partial charge in [0, 0.05) is 7.05 Å². The van der Waals surface area contributed by atoms with Crippen LogP contribution in [0.5, 0.6) is 5.75 Å². The number of carbonyl (C=O) groups is 1. The number of hydrazine groups is 1. The summed E-state index contributed by atoms with van der Waals surface area (Å²) in [5.41, 5.74) is 8.65. The molecule has 5 N–H and O–H groups in total. The Bertz CT molecular complexity index is 729. The van der Waals surface area contributed by atoms with Gasteiger partial charge in [-0.15, -0.1) is 0 Å². The van der Waals surface area contributed by atoms with Gasteiger partial charge in [-0.05, 0) is 58.1 Å². The highest BCUT2D eigenvalue weighted by Crippen LogP contribution is 2.26. The van der Waals surface area contributed by atoms with Crippen LogP contribution in [0.15, 0.2) is 17.8 Å². The van der Waals surface area contributed by atoms with Crippen molar-refractivity contribution in [3.8, 4) is 5.75 Å². The second-order valence-electron chi connectivity index (χ2n) is 7.99. The molecule has 168 valence electrons. The van der Waals surface area contributed by atoms with Crippen molar-refractivity contribution in [3.05, 3.63) is 29.2 Å². The van der Waals surface area contributed by atoms with Crippen LogP contribution in [0.2, 0.25) is 0 Å². The SMILES string of the molecule is CCCC(C)OC(=O)NC/C(=C(/N)c1ccc(OC2CCCCC2)c(C)n1)N(C)N. The molecule has 0 aromatic carbocycles. The Hall–Kier alpha value is -2.48. The van der Waals surface area contributed by atoms with Gasteiger partial charge in [0.25, 0.3) is 0 Å². The molecule has 8 nitrogen and oxygen atoms in total. The van der Waals surface area contributed by atoms with Crippen molar-refractivity contribution in [3.63, 3.8) is 0 Å². The molecular formula is C22H37N5O3. The first kappa shape index (κ1) is 23.8. The van der Waals surface area contributed by atoms with Crippen molar-refractivity contribution >= 4 is 11.8 Å². The lowest BCUT2D eigenvalue weighted by atomic mass is 9.98. The maximum absolute atomic E-state index is 12.0. The minimum absolute atomic E-state index is 0.136. The number of pyridine rings is 1. The number of likely N-dealkylation sites (N-methyl/N-ethyl adjacent to an activating group) is 1. The van der Waals surface area contributed by atoms with E-state index in [0.717, 1.165) is 37.1 Å². The smallest absolute Gasteiger partial charge is 0.407 e. The van der Waals surface area contributed by atoms with E-state index in [4.69, 9.17) is 21.1 Å². The van der Waals surface area contributed by atoms with Crippen LogP contribution in [0.4, 0.5) is 4.79 Å². The average Bonchev–Trinajstić information content (AvgIpc) is 2.70. The van der Waals surface area contributed by atoms with Gasteiger partial charge in [0.15, 0.2) is 0 Å². The number of aryl methyl sites for hydroxylation is 1. The van der Waals surface area contributed by atoms with Crippen molar-refractivity contribution in [2.24, 2.45) is 11.6 Å². The van der Waals surface area contributed by atoms with Gasteiger partial charge in [-0.1, -0.05) is 19.8 Å². The third-order valence-corrected chi connectivity index (χ3v) is 5.30. The third-order valence-electron chi connectivity index (χ3n) is 5.30. The fraction of sp³-hybridized carbons (Fsp3) is 0.636. The second-order valence-corrected chi connectivity index (χ2v) is 7.99. The largest absolute Gasteiger partial charge is 0.489 e. The second kappa shape index (κ2) is 11.6. The highest BCUT2D eigenvalue weighted by atomic mass is 16.6. The van der Waals surface area contributed by atoms with Crippen LogP contribution in [0.3, 0.4) is 0 Å². The summed E-state index contributed by atoms with van der Waals surface area (Å²) in [5, 5.41) is 4.09. The van der Waals surface area contributed by atoms with Gasteiger partial charge >= 0.3 is 6.09 Å². The molecule has 1 atom stereocenters. The number of nitrogens with two attached hydrogens (primary N) is 2. The molecule has 30 heavy (non-hydrogen) atoms. The van der Waals surface area contributed by atoms with Crippen molar-refractivity contribution in [2.75, 3.05) is 13.6 Å². The molecule has 1 aromatic rings. The number of hydrogen-bond acceptors (Lipinski definition) is 7. The van der Waals surface area contributed by atoms with E-state index in [1.165, 1.54) is 24.3 Å². The molecule has 0 bridgehead atoms. The lowest BCUT2D eigenvalue weighted by molar-refractivity contribution is 0.102. The number of aromatic nitrogens is 1. The highest BCUT2D eigenvalue weighted by Gasteiger charge is 2.18. The first-order chi connectivity index (χ1) is 14.3. The van der Waals surface area contributed by atoms with Crippen LogP contribution in [-0.4, -0.2) is 41.9 Å². The monoisotopic (exact) mass is 419 g/mol. The number of nitrogens with zero attached hydrogens (tertiary/aromatic N) is 2. The van der Waals surface area contributed by atoms with E-state index < -0.39 is 6.09 Å². The summed E-state index contributed by atoms with van der Waals surface area (Å²) in [6.07, 6.45) is 7.26. The number of amides is 1. The summed E-state index contributed by atoms with van der Waals surface area (Å²) < 4.78 is 11.4. The fourth-order valence-electron chi connectivity index (χ4n) is 3.59. The molecule has 1 aromatic heterocycles. The van der Waals surface area contributed by atoms with Crippen molar-refractivity contribution < 1.29 is 14.3 Å². The first-order valence-electron chi connectivity index (χ1n) is 10.9. The zero-order valence-electron chi connectivity index (χ0n) is 18.7. The zero-order valence-corrected chi connectivity index (χ0v) is 18.7. The molecule has 1 unspecified atom stereocenters. The summed E-state index contributed by atoms with van der Waals surface area (Å²) in [7, 11) is 1.67. The minimum Gasteiger partial charge on any atom is -0.489 e. The molecule has 1 aliphatic carbocycles. The van der Waals surface area contributed by atoms with Gasteiger partial charge in [-0.2, -0.15) is 0 Å². The zero-order chi connectivity index (χ0) is 22.1. The topological polar surface area (TPSA) is 116 Å². The van der Waals surface area contributed by atoms with Crippen molar-refractivity contribution in [1.29, 1.82) is 0 Å². The molecule has 0 spiro atoms. The van der Waals surface area contributed by atoms with E-state index in [0.29, 0.717) is 17.1 Å². The molecular weight excluding hydrogens is 382 g/mol. The number of carbonyl (C=O) groups excluding carboxylic acids is 1. The van der Waals surface area contributed by atoms with E-state index in [9.17, 15) is 4.79 Å². The number of ether oxygens (including phenoxy) is 2. The fourth-order valence-corrected chi connectivity index (χ4v) is 3.59. The molecule has 0 radical (unpaired) electrons. The Balaban J connectivity index is 2.07. The van der Waals surface area contributed by atoms with Crippen molar-refractivity contribution in [1.82, 2.24) is 15.3 Å². The van der Waals surface area contributed by atoms with Gasteiger partial charge in [0.1, 0.15) is 11.9 Å². The van der Waals surface area contributed by atoms with Gasteiger partial charge in [0.2, 0.25) is 0 Å². The van der Waals surface area contributed by atoms with Gasteiger partial charge in [-0.25, -0.2) is 15.6 Å². The normalized spacial score (nSPS) is 16.4. The summed E-state index contributed by atoms with van der Waals surface area (Å²) in [6.45, 7) is 5.96. The summed E-state index contributed by atoms with van der Waals surface area (Å²) >= 11 is 0. The van der Waals surface area contributed by atoms with Crippen LogP contribution >= 0.6 is 0 Å². The highest BCUT2D eigenvalue weighted by molar-refractivity contribution is 5.69. The maximum Gasteiger partial charge on any atom is 0.407 e. The van der Waals surface area contributed by atoms with E-state index in [2.05, 4.69) is 10.3 Å². The minimum atomic E-state index is -0.497. The van der Waals surface area contributed by atoms with Gasteiger partial charge in [-0.3, -0.25) is 0 Å². The summed E-state index contributed by atoms with van der Waals surface area (Å²) in [5.74, 6) is 6.74. The van der Waals surface area contributed by atoms with E-state index in [1.807, 2.05) is 32.9 Å². The molecule has 1 amide bonds. The van der Waals surface area contributed by atoms with E-state index >= 15 is 0 Å². The van der Waals surface area contributed by atoms with E-state index in [-0.39, 0.29) is 18.8 Å². The standard InChI is InChI=1S/C22H37N5O3/c1-5-9-15(2)29-22(28)25-14-19(27(4)24)21(23)18-12-13-20(16(3)26-18)30-17-10-7-6-8-11-17/h12-13,15,17H,5-11,14,23-24H2,1-4H3,(H,25,28)/b21-19-. The molecule has 1 fully saturated rings. The summed E-state index contributed by atoms with van der Waals surface area (Å²) in [4.78, 5) is 16.6. The lowest BCUT2D eigenvalue weighted by Gasteiger charge is -2.24. The lowest BCUT2D eigenvalue weighted by Crippen LogP contribution is -2.37. The number of alkyl carbamates (subject to hydrolysis) is 1. The van der Waals surface area contributed by atoms with Crippen LogP contribution in [-0.2, 0) is 4.74 Å². The molecule has 8 heteroatoms. The Morgan fingerprint density at radius 2 is 2.03 bits per heavy atom. The van der Waals surface area contributed by atoms with Crippen LogP contribution in [0.1, 0.15) is 70.2 Å². The average molecular weight is 420 g/mol. The van der Waals surface area contributed by atoms with Crippen LogP contribution < -0.4 is 21.6 Å². The van der Waals surface area contributed by atoms with Crippen molar-refractivity contribution in [2.45, 2.75) is 77.9 Å². The van der Waals surface area contributed by atoms with Crippen LogP contribution in [0, 0.1) is 6.92 Å². The molecule has 0 saturated heterocycles. The Labute approximate surface area is 180 Å². The molecule has 1 aliphatic rings. The predicted octanol–water partition coefficient (Wildman–Crippen LogP) is 3.45.